The fraction of sp³-hybridized carbons (Fsp3) is 0. The van der Waals surface area contributed by atoms with Crippen molar-refractivity contribution in [2.75, 3.05) is 0 Å². The van der Waals surface area contributed by atoms with Gasteiger partial charge in [-0.15, -0.1) is 0 Å². The van der Waals surface area contributed by atoms with Gasteiger partial charge in [0, 0.05) is 12.4 Å². The molecule has 0 radical (unpaired) electrons. The highest BCUT2D eigenvalue weighted by Crippen LogP contribution is 1.72. The minimum Gasteiger partial charge on any atom is -0.351 e. The van der Waals surface area contributed by atoms with Gasteiger partial charge in [-0.3, -0.25) is 8.63 Å². The Hall–Kier alpha value is -2.84. The Morgan fingerprint density at radius 1 is 0.941 bits per heavy atom. The van der Waals surface area contributed by atoms with Crippen molar-refractivity contribution in [1.29, 1.82) is 21.0 Å². The summed E-state index contributed by atoms with van der Waals surface area (Å²) in [4.78, 5) is 6.42. The average Bonchev–Trinajstić information content (AvgIpc) is 2.96. The second kappa shape index (κ2) is 13.2. The van der Waals surface area contributed by atoms with Crippen LogP contribution in [0, 0.1) is 44.9 Å². The Balaban J connectivity index is 0. The molecule has 6 nitrogen and oxygen atoms in total. The molecular weight excluding hydrogens is 228 g/mol. The highest BCUT2D eigenvalue weighted by atomic mass is 19.1. The molecule has 1 rings (SSSR count). The minimum absolute atomic E-state index is 1.09. The summed E-state index contributed by atoms with van der Waals surface area (Å²) in [5.74, 6) is 4.35. The Morgan fingerprint density at radius 2 is 1.35 bits per heavy atom. The predicted molar refractivity (Wildman–Crippen MR) is 54.8 cm³/mol. The SMILES string of the molecule is N#CB(F)C#N.N#CB(F)C#N.c1c[nH]cn1. The largest absolute Gasteiger partial charge is 0.567 e. The summed E-state index contributed by atoms with van der Waals surface area (Å²) in [6.07, 6.45) is 5.08. The number of aromatic amines is 1. The quantitative estimate of drug-likeness (QED) is 0.653. The number of imidazole rings is 1. The van der Waals surface area contributed by atoms with E-state index < -0.39 is 14.0 Å². The van der Waals surface area contributed by atoms with E-state index in [1.54, 1.807) is 18.7 Å². The molecule has 0 spiro atoms. The maximum absolute atomic E-state index is 11.1. The first-order chi connectivity index (χ1) is 8.12. The average molecular weight is 232 g/mol. The summed E-state index contributed by atoms with van der Waals surface area (Å²) in [6.45, 7) is -3.91. The zero-order valence-electron chi connectivity index (χ0n) is 8.38. The molecule has 0 unspecified atom stereocenters. The normalized spacial score (nSPS) is 6.00. The van der Waals surface area contributed by atoms with Crippen LogP contribution in [-0.2, 0) is 0 Å². The Morgan fingerprint density at radius 3 is 1.41 bits per heavy atom. The monoisotopic (exact) mass is 232 g/mol. The molecule has 0 amide bonds. The zero-order valence-corrected chi connectivity index (χ0v) is 8.38. The van der Waals surface area contributed by atoms with Gasteiger partial charge in [-0.05, 0) is 0 Å². The van der Waals surface area contributed by atoms with Crippen LogP contribution in [0.25, 0.3) is 0 Å². The van der Waals surface area contributed by atoms with E-state index in [1.165, 1.54) is 0 Å². The molecule has 10 heteroatoms. The summed E-state index contributed by atoms with van der Waals surface area (Å²) < 4.78 is 22.3. The van der Waals surface area contributed by atoms with Crippen molar-refractivity contribution < 1.29 is 8.63 Å². The molecule has 1 N–H and O–H groups in total. The maximum Gasteiger partial charge on any atom is 0.567 e. The molecular formula is C7H4B2F2N6. The number of rotatable bonds is 0. The highest BCUT2D eigenvalue weighted by molar-refractivity contribution is 6.67. The molecule has 17 heavy (non-hydrogen) atoms. The summed E-state index contributed by atoms with van der Waals surface area (Å²) in [5.41, 5.74) is 0. The fourth-order valence-corrected chi connectivity index (χ4v) is 0.273. The van der Waals surface area contributed by atoms with Gasteiger partial charge in [-0.25, -0.2) is 26.0 Å². The molecule has 0 bridgehead atoms. The van der Waals surface area contributed by atoms with E-state index in [1.807, 2.05) is 0 Å². The van der Waals surface area contributed by atoms with Crippen LogP contribution in [0.4, 0.5) is 8.63 Å². The highest BCUT2D eigenvalue weighted by Gasteiger charge is 2.08. The van der Waals surface area contributed by atoms with Gasteiger partial charge in [0.25, 0.3) is 0 Å². The Kier molecular flexibility index (Phi) is 12.8. The first-order valence-corrected chi connectivity index (χ1v) is 3.91. The molecule has 0 aliphatic rings. The third kappa shape index (κ3) is 15.9. The number of hydrogen-bond acceptors (Lipinski definition) is 5. The number of hydrogen-bond donors (Lipinski definition) is 1. The first kappa shape index (κ1) is 16.6. The van der Waals surface area contributed by atoms with Crippen LogP contribution in [0.5, 0.6) is 0 Å². The van der Waals surface area contributed by atoms with E-state index in [4.69, 9.17) is 21.0 Å². The van der Waals surface area contributed by atoms with Crippen molar-refractivity contribution in [2.24, 2.45) is 0 Å². The smallest absolute Gasteiger partial charge is 0.351 e. The van der Waals surface area contributed by atoms with Gasteiger partial charge >= 0.3 is 14.0 Å². The summed E-state index contributed by atoms with van der Waals surface area (Å²) in [7, 11) is 0. The van der Waals surface area contributed by atoms with E-state index in [0.29, 0.717) is 0 Å². The standard InChI is InChI=1S/C3H4N2.2C2BFN2/c1-2-5-3-4-1;2*4-3(1-5)2-6/h1-3H,(H,4,5);;. The molecule has 1 heterocycles. The molecule has 1 aromatic rings. The van der Waals surface area contributed by atoms with Crippen LogP contribution in [0.15, 0.2) is 18.7 Å². The lowest BCUT2D eigenvalue weighted by molar-refractivity contribution is 0.865. The molecule has 0 atom stereocenters. The summed E-state index contributed by atoms with van der Waals surface area (Å²) in [6, 6.07) is 0. The number of aromatic nitrogens is 2. The summed E-state index contributed by atoms with van der Waals surface area (Å²) in [5, 5.41) is 29.9. The molecule has 0 saturated carbocycles. The van der Waals surface area contributed by atoms with Crippen LogP contribution in [0.3, 0.4) is 0 Å². The van der Waals surface area contributed by atoms with Gasteiger partial charge in [0.2, 0.25) is 0 Å². The van der Waals surface area contributed by atoms with E-state index >= 15 is 0 Å². The van der Waals surface area contributed by atoms with E-state index in [-0.39, 0.29) is 0 Å². The molecule has 0 saturated heterocycles. The topological polar surface area (TPSA) is 124 Å². The van der Waals surface area contributed by atoms with Crippen molar-refractivity contribution in [3.05, 3.63) is 18.7 Å². The lowest BCUT2D eigenvalue weighted by Gasteiger charge is -1.60. The van der Waals surface area contributed by atoms with Crippen molar-refractivity contribution in [1.82, 2.24) is 9.97 Å². The van der Waals surface area contributed by atoms with Gasteiger partial charge in [0.05, 0.1) is 30.2 Å². The number of nitrogens with one attached hydrogen (secondary N) is 1. The number of halogens is 2. The second-order valence-corrected chi connectivity index (χ2v) is 2.00. The third-order valence-corrected chi connectivity index (χ3v) is 0.859. The van der Waals surface area contributed by atoms with Crippen molar-refractivity contribution in [3.63, 3.8) is 0 Å². The number of nitrogens with zero attached hydrogens (tertiary/aromatic N) is 5. The lowest BCUT2D eigenvalue weighted by atomic mass is 9.78. The van der Waals surface area contributed by atoms with Gasteiger partial charge in [0.15, 0.2) is 0 Å². The van der Waals surface area contributed by atoms with Gasteiger partial charge in [-0.2, -0.15) is 0 Å². The predicted octanol–water partition coefficient (Wildman–Crippen LogP) is 0.556. The van der Waals surface area contributed by atoms with E-state index in [2.05, 4.69) is 9.97 Å². The molecule has 82 valence electrons. The first-order valence-electron chi connectivity index (χ1n) is 3.91. The van der Waals surface area contributed by atoms with Crippen molar-refractivity contribution >= 4 is 14.0 Å². The minimum atomic E-state index is -1.95. The lowest BCUT2D eigenvalue weighted by Crippen LogP contribution is -1.94. The van der Waals surface area contributed by atoms with Crippen LogP contribution in [-0.4, -0.2) is 23.9 Å². The number of H-pyrrole nitrogens is 1. The van der Waals surface area contributed by atoms with E-state index in [9.17, 15) is 8.63 Å². The molecule has 0 aliphatic heterocycles. The van der Waals surface area contributed by atoms with Crippen molar-refractivity contribution in [2.45, 2.75) is 0 Å². The summed E-state index contributed by atoms with van der Waals surface area (Å²) >= 11 is 0. The zero-order chi connectivity index (χ0) is 13.5. The molecule has 0 aromatic carbocycles. The van der Waals surface area contributed by atoms with Crippen LogP contribution in [0.2, 0.25) is 0 Å². The van der Waals surface area contributed by atoms with Crippen LogP contribution < -0.4 is 0 Å². The Labute approximate surface area is 97.0 Å². The van der Waals surface area contributed by atoms with Crippen molar-refractivity contribution in [3.8, 4) is 23.9 Å². The fourth-order valence-electron chi connectivity index (χ4n) is 0.273. The van der Waals surface area contributed by atoms with Gasteiger partial charge in [-0.1, -0.05) is 0 Å². The molecule has 1 aromatic heterocycles. The van der Waals surface area contributed by atoms with Crippen LogP contribution >= 0.6 is 0 Å². The van der Waals surface area contributed by atoms with Gasteiger partial charge < -0.3 is 4.98 Å². The molecule has 0 fully saturated rings. The van der Waals surface area contributed by atoms with E-state index in [0.717, 1.165) is 23.9 Å². The van der Waals surface area contributed by atoms with Gasteiger partial charge in [0.1, 0.15) is 0 Å². The second-order valence-electron chi connectivity index (χ2n) is 2.00. The maximum atomic E-state index is 11.1. The third-order valence-electron chi connectivity index (χ3n) is 0.859. The van der Waals surface area contributed by atoms with Crippen LogP contribution in [0.1, 0.15) is 0 Å². The number of nitriles is 4. The Bertz CT molecular complexity index is 362. The molecule has 0 aliphatic carbocycles.